The average molecular weight is 395 g/mol. The maximum absolute atomic E-state index is 13.1. The van der Waals surface area contributed by atoms with Gasteiger partial charge in [-0.25, -0.2) is 8.42 Å². The molecule has 0 fully saturated rings. The van der Waals surface area contributed by atoms with Crippen LogP contribution < -0.4 is 19.5 Å². The Hall–Kier alpha value is -3.34. The highest BCUT2D eigenvalue weighted by Crippen LogP contribution is 2.35. The molecule has 2 rings (SSSR count). The van der Waals surface area contributed by atoms with Gasteiger partial charge >= 0.3 is 0 Å². The summed E-state index contributed by atoms with van der Waals surface area (Å²) in [6, 6.07) is 8.84. The highest BCUT2D eigenvalue weighted by Gasteiger charge is 2.30. The van der Waals surface area contributed by atoms with Crippen LogP contribution in [-0.4, -0.2) is 40.0 Å². The van der Waals surface area contributed by atoms with Gasteiger partial charge in [-0.3, -0.25) is 19.2 Å². The maximum Gasteiger partial charge on any atom is 0.270 e. The highest BCUT2D eigenvalue weighted by atomic mass is 32.2. The Morgan fingerprint density at radius 3 is 2.44 bits per heavy atom. The summed E-state index contributed by atoms with van der Waals surface area (Å²) in [5.74, 6) is -0.463. The lowest BCUT2D eigenvalue weighted by Crippen LogP contribution is -2.38. The first-order valence-corrected chi connectivity index (χ1v) is 8.92. The third kappa shape index (κ3) is 4.26. The Bertz CT molecular complexity index is 976. The first-order valence-electron chi connectivity index (χ1n) is 7.48. The SMILES string of the molecule is COc1ccc(OC)c(N(CC(N)=O)S(=O)(=O)c2cccc([N+](=O)[O-])c2)c1. The third-order valence-electron chi connectivity index (χ3n) is 3.57. The zero-order chi connectivity index (χ0) is 20.2. The molecule has 1 amide bonds. The third-order valence-corrected chi connectivity index (χ3v) is 5.33. The van der Waals surface area contributed by atoms with Gasteiger partial charge in [0.15, 0.2) is 0 Å². The van der Waals surface area contributed by atoms with Crippen LogP contribution >= 0.6 is 0 Å². The van der Waals surface area contributed by atoms with Crippen LogP contribution in [0.15, 0.2) is 47.4 Å². The number of amides is 1. The van der Waals surface area contributed by atoms with Crippen LogP contribution in [0.25, 0.3) is 0 Å². The van der Waals surface area contributed by atoms with E-state index >= 15 is 0 Å². The Morgan fingerprint density at radius 2 is 1.89 bits per heavy atom. The van der Waals surface area contributed by atoms with Crippen LogP contribution in [0.2, 0.25) is 0 Å². The Balaban J connectivity index is 2.68. The summed E-state index contributed by atoms with van der Waals surface area (Å²) in [5.41, 5.74) is 4.81. The van der Waals surface area contributed by atoms with E-state index in [1.807, 2.05) is 0 Å². The number of benzene rings is 2. The zero-order valence-corrected chi connectivity index (χ0v) is 15.3. The summed E-state index contributed by atoms with van der Waals surface area (Å²) in [5, 5.41) is 11.0. The van der Waals surface area contributed by atoms with Crippen molar-refractivity contribution in [1.29, 1.82) is 0 Å². The topological polar surface area (TPSA) is 142 Å². The van der Waals surface area contributed by atoms with Crippen molar-refractivity contribution in [3.05, 3.63) is 52.6 Å². The second kappa shape index (κ2) is 7.91. The zero-order valence-electron chi connectivity index (χ0n) is 14.5. The van der Waals surface area contributed by atoms with Crippen LogP contribution in [0.1, 0.15) is 0 Å². The number of methoxy groups -OCH3 is 2. The molecule has 0 aromatic heterocycles. The van der Waals surface area contributed by atoms with E-state index in [2.05, 4.69) is 0 Å². The quantitative estimate of drug-likeness (QED) is 0.524. The standard InChI is InChI=1S/C16H17N3O7S/c1-25-12-6-7-15(26-2)14(9-12)18(10-16(17)20)27(23,24)13-5-3-4-11(8-13)19(21)22/h3-9H,10H2,1-2H3,(H2,17,20). The first kappa shape index (κ1) is 20.0. The summed E-state index contributed by atoms with van der Waals surface area (Å²) < 4.78 is 37.2. The molecule has 0 saturated carbocycles. The van der Waals surface area contributed by atoms with Gasteiger partial charge in [0.2, 0.25) is 5.91 Å². The molecule has 2 aromatic rings. The van der Waals surface area contributed by atoms with Gasteiger partial charge in [-0.1, -0.05) is 6.07 Å². The molecule has 2 N–H and O–H groups in total. The van der Waals surface area contributed by atoms with Gasteiger partial charge < -0.3 is 15.2 Å². The maximum atomic E-state index is 13.1. The largest absolute Gasteiger partial charge is 0.497 e. The Kier molecular flexibility index (Phi) is 5.85. The number of nitro benzene ring substituents is 1. The fourth-order valence-electron chi connectivity index (χ4n) is 2.32. The number of carbonyl (C=O) groups excluding carboxylic acids is 1. The number of rotatable bonds is 8. The van der Waals surface area contributed by atoms with Crippen molar-refractivity contribution in [3.63, 3.8) is 0 Å². The highest BCUT2D eigenvalue weighted by molar-refractivity contribution is 7.92. The predicted molar refractivity (Wildman–Crippen MR) is 96.4 cm³/mol. The number of nitro groups is 1. The lowest BCUT2D eigenvalue weighted by atomic mass is 10.2. The number of anilines is 1. The molecule has 11 heteroatoms. The van der Waals surface area contributed by atoms with Gasteiger partial charge in [0, 0.05) is 18.2 Å². The van der Waals surface area contributed by atoms with E-state index in [0.717, 1.165) is 16.4 Å². The van der Waals surface area contributed by atoms with Crippen LogP contribution in [-0.2, 0) is 14.8 Å². The molecule has 0 radical (unpaired) electrons. The molecule has 0 aliphatic carbocycles. The number of hydrogen-bond acceptors (Lipinski definition) is 7. The molecule has 0 heterocycles. The van der Waals surface area contributed by atoms with Crippen LogP contribution in [0.5, 0.6) is 11.5 Å². The molecule has 0 unspecified atom stereocenters. The molecule has 0 atom stereocenters. The van der Waals surface area contributed by atoms with Gasteiger partial charge in [-0.2, -0.15) is 0 Å². The molecule has 144 valence electrons. The van der Waals surface area contributed by atoms with E-state index in [-0.39, 0.29) is 16.3 Å². The van der Waals surface area contributed by atoms with E-state index in [0.29, 0.717) is 5.75 Å². The van der Waals surface area contributed by atoms with E-state index in [1.54, 1.807) is 6.07 Å². The minimum absolute atomic E-state index is 0.00200. The molecular formula is C16H17N3O7S. The molecule has 0 aliphatic rings. The second-order valence-electron chi connectivity index (χ2n) is 5.27. The minimum atomic E-state index is -4.37. The fourth-order valence-corrected chi connectivity index (χ4v) is 3.79. The normalized spacial score (nSPS) is 10.9. The predicted octanol–water partition coefficient (Wildman–Crippen LogP) is 1.29. The molecule has 0 bridgehead atoms. The van der Waals surface area contributed by atoms with E-state index in [4.69, 9.17) is 15.2 Å². The number of carbonyl (C=O) groups is 1. The molecule has 0 saturated heterocycles. The summed E-state index contributed by atoms with van der Waals surface area (Å²) >= 11 is 0. The van der Waals surface area contributed by atoms with Gasteiger partial charge in [-0.15, -0.1) is 0 Å². The van der Waals surface area contributed by atoms with Gasteiger partial charge in [0.05, 0.1) is 29.7 Å². The fraction of sp³-hybridized carbons (Fsp3) is 0.188. The summed E-state index contributed by atoms with van der Waals surface area (Å²) in [6.07, 6.45) is 0. The van der Waals surface area contributed by atoms with Crippen molar-refractivity contribution in [2.75, 3.05) is 25.1 Å². The lowest BCUT2D eigenvalue weighted by molar-refractivity contribution is -0.385. The van der Waals surface area contributed by atoms with Crippen molar-refractivity contribution >= 4 is 27.3 Å². The molecule has 0 aliphatic heterocycles. The number of non-ortho nitro benzene ring substituents is 1. The van der Waals surface area contributed by atoms with Crippen LogP contribution in [0.4, 0.5) is 11.4 Å². The number of nitrogens with two attached hydrogens (primary N) is 1. The Labute approximate surface area is 155 Å². The smallest absolute Gasteiger partial charge is 0.270 e. The molecule has 0 spiro atoms. The first-order chi connectivity index (χ1) is 12.7. The molecular weight excluding hydrogens is 378 g/mol. The lowest BCUT2D eigenvalue weighted by Gasteiger charge is -2.25. The van der Waals surface area contributed by atoms with Crippen molar-refractivity contribution in [3.8, 4) is 11.5 Å². The van der Waals surface area contributed by atoms with E-state index in [1.165, 1.54) is 38.5 Å². The number of hydrogen-bond donors (Lipinski definition) is 1. The van der Waals surface area contributed by atoms with Crippen molar-refractivity contribution < 1.29 is 27.6 Å². The Morgan fingerprint density at radius 1 is 1.19 bits per heavy atom. The number of ether oxygens (including phenoxy) is 2. The number of sulfonamides is 1. The summed E-state index contributed by atoms with van der Waals surface area (Å²) in [7, 11) is -1.66. The van der Waals surface area contributed by atoms with Gasteiger partial charge in [0.1, 0.15) is 18.0 Å². The van der Waals surface area contributed by atoms with Crippen molar-refractivity contribution in [2.24, 2.45) is 5.73 Å². The summed E-state index contributed by atoms with van der Waals surface area (Å²) in [4.78, 5) is 21.4. The van der Waals surface area contributed by atoms with Gasteiger partial charge in [-0.05, 0) is 18.2 Å². The second-order valence-corrected chi connectivity index (χ2v) is 7.13. The van der Waals surface area contributed by atoms with E-state index in [9.17, 15) is 23.3 Å². The molecule has 27 heavy (non-hydrogen) atoms. The monoisotopic (exact) mass is 395 g/mol. The summed E-state index contributed by atoms with van der Waals surface area (Å²) in [6.45, 7) is -0.700. The van der Waals surface area contributed by atoms with Gasteiger partial charge in [0.25, 0.3) is 15.7 Å². The minimum Gasteiger partial charge on any atom is -0.497 e. The average Bonchev–Trinajstić information content (AvgIpc) is 2.65. The number of nitrogens with zero attached hydrogens (tertiary/aromatic N) is 2. The van der Waals surface area contributed by atoms with Crippen LogP contribution in [0, 0.1) is 10.1 Å². The number of primary amides is 1. The van der Waals surface area contributed by atoms with Crippen molar-refractivity contribution in [2.45, 2.75) is 4.90 Å². The molecule has 2 aromatic carbocycles. The molecule has 10 nitrogen and oxygen atoms in total. The van der Waals surface area contributed by atoms with Crippen molar-refractivity contribution in [1.82, 2.24) is 0 Å². The van der Waals surface area contributed by atoms with E-state index < -0.39 is 33.1 Å². The van der Waals surface area contributed by atoms with Crippen LogP contribution in [0.3, 0.4) is 0 Å².